The third kappa shape index (κ3) is 1.23. The van der Waals surface area contributed by atoms with Crippen molar-refractivity contribution >= 4 is 28.9 Å². The van der Waals surface area contributed by atoms with Crippen molar-refractivity contribution in [2.45, 2.75) is 24.8 Å². The number of fused-ring (bicyclic) bond motifs is 1. The zero-order valence-corrected chi connectivity index (χ0v) is 8.90. The molecule has 0 aromatic heterocycles. The molecular formula is C11H11ClN2O. The van der Waals surface area contributed by atoms with Gasteiger partial charge in [0.05, 0.1) is 11.4 Å². The van der Waals surface area contributed by atoms with Crippen molar-refractivity contribution in [2.24, 2.45) is 0 Å². The molecule has 1 aliphatic heterocycles. The average Bonchev–Trinajstić information content (AvgIpc) is 2.14. The van der Waals surface area contributed by atoms with Crippen molar-refractivity contribution in [1.29, 1.82) is 0 Å². The van der Waals surface area contributed by atoms with Crippen molar-refractivity contribution in [1.82, 2.24) is 0 Å². The number of nitrogens with one attached hydrogen (secondary N) is 2. The van der Waals surface area contributed by atoms with Gasteiger partial charge in [-0.15, -0.1) is 0 Å². The van der Waals surface area contributed by atoms with Gasteiger partial charge in [-0.05, 0) is 37.5 Å². The molecule has 1 aliphatic carbocycles. The fourth-order valence-corrected chi connectivity index (χ4v) is 2.34. The second-order valence-corrected chi connectivity index (χ2v) is 4.64. The van der Waals surface area contributed by atoms with E-state index in [1.54, 1.807) is 6.07 Å². The number of amides is 1. The average molecular weight is 223 g/mol. The monoisotopic (exact) mass is 222 g/mol. The molecule has 0 radical (unpaired) electrons. The first-order chi connectivity index (χ1) is 7.20. The maximum Gasteiger partial charge on any atom is 0.250 e. The van der Waals surface area contributed by atoms with Crippen molar-refractivity contribution in [3.63, 3.8) is 0 Å². The van der Waals surface area contributed by atoms with Gasteiger partial charge in [0.15, 0.2) is 0 Å². The zero-order valence-electron chi connectivity index (χ0n) is 8.14. The lowest BCUT2D eigenvalue weighted by atomic mass is 9.74. The highest BCUT2D eigenvalue weighted by Gasteiger charge is 2.46. The van der Waals surface area contributed by atoms with E-state index in [9.17, 15) is 4.79 Å². The van der Waals surface area contributed by atoms with Crippen LogP contribution in [0.25, 0.3) is 0 Å². The van der Waals surface area contributed by atoms with Crippen LogP contribution in [0.15, 0.2) is 18.2 Å². The molecular weight excluding hydrogens is 212 g/mol. The van der Waals surface area contributed by atoms with Crippen LogP contribution >= 0.6 is 11.6 Å². The molecule has 1 aromatic carbocycles. The molecule has 1 spiro atoms. The van der Waals surface area contributed by atoms with Gasteiger partial charge in [0.25, 0.3) is 0 Å². The lowest BCUT2D eigenvalue weighted by molar-refractivity contribution is -0.123. The molecule has 4 heteroatoms. The van der Waals surface area contributed by atoms with Crippen LogP contribution in [-0.2, 0) is 4.79 Å². The van der Waals surface area contributed by atoms with Gasteiger partial charge in [-0.1, -0.05) is 11.6 Å². The molecule has 0 bridgehead atoms. The number of hydrogen-bond acceptors (Lipinski definition) is 2. The first-order valence-electron chi connectivity index (χ1n) is 5.09. The van der Waals surface area contributed by atoms with Gasteiger partial charge in [0.1, 0.15) is 5.54 Å². The SMILES string of the molecule is O=C1Nc2cc(Cl)ccc2NC12CCC2. The number of rotatable bonds is 0. The van der Waals surface area contributed by atoms with Crippen molar-refractivity contribution in [3.8, 4) is 0 Å². The van der Waals surface area contributed by atoms with Gasteiger partial charge in [0, 0.05) is 5.02 Å². The normalized spacial score (nSPS) is 21.3. The zero-order chi connectivity index (χ0) is 10.5. The van der Waals surface area contributed by atoms with E-state index in [4.69, 9.17) is 11.6 Å². The summed E-state index contributed by atoms with van der Waals surface area (Å²) in [5.74, 6) is 0.0727. The molecule has 0 atom stereocenters. The molecule has 0 saturated heterocycles. The Bertz CT molecular complexity index is 440. The Morgan fingerprint density at radius 3 is 2.73 bits per heavy atom. The summed E-state index contributed by atoms with van der Waals surface area (Å²) in [6.45, 7) is 0. The van der Waals surface area contributed by atoms with Crippen molar-refractivity contribution in [3.05, 3.63) is 23.2 Å². The third-order valence-corrected chi connectivity index (χ3v) is 3.48. The molecule has 2 N–H and O–H groups in total. The summed E-state index contributed by atoms with van der Waals surface area (Å²) in [4.78, 5) is 11.9. The van der Waals surface area contributed by atoms with Gasteiger partial charge in [-0.3, -0.25) is 4.79 Å². The van der Waals surface area contributed by atoms with E-state index in [1.165, 1.54) is 0 Å². The molecule has 2 aliphatic rings. The fraction of sp³-hybridized carbons (Fsp3) is 0.364. The third-order valence-electron chi connectivity index (χ3n) is 3.25. The van der Waals surface area contributed by atoms with Gasteiger partial charge in [0.2, 0.25) is 5.91 Å². The predicted molar refractivity (Wildman–Crippen MR) is 60.3 cm³/mol. The summed E-state index contributed by atoms with van der Waals surface area (Å²) in [5, 5.41) is 6.86. The molecule has 78 valence electrons. The Morgan fingerprint density at radius 2 is 2.07 bits per heavy atom. The number of anilines is 2. The van der Waals surface area contributed by atoms with E-state index in [0.717, 1.165) is 30.6 Å². The second kappa shape index (κ2) is 2.89. The lowest BCUT2D eigenvalue weighted by Crippen LogP contribution is -2.57. The Kier molecular flexibility index (Phi) is 1.74. The van der Waals surface area contributed by atoms with Gasteiger partial charge >= 0.3 is 0 Å². The molecule has 1 fully saturated rings. The van der Waals surface area contributed by atoms with E-state index in [2.05, 4.69) is 10.6 Å². The van der Waals surface area contributed by atoms with E-state index in [0.29, 0.717) is 5.02 Å². The molecule has 3 nitrogen and oxygen atoms in total. The Hall–Kier alpha value is -1.22. The molecule has 1 aromatic rings. The van der Waals surface area contributed by atoms with Crippen LogP contribution in [0, 0.1) is 0 Å². The maximum absolute atomic E-state index is 11.9. The fourth-order valence-electron chi connectivity index (χ4n) is 2.17. The topological polar surface area (TPSA) is 41.1 Å². The van der Waals surface area contributed by atoms with Crippen molar-refractivity contribution < 1.29 is 4.79 Å². The number of carbonyl (C=O) groups excluding carboxylic acids is 1. The molecule has 3 rings (SSSR count). The number of halogens is 1. The first kappa shape index (κ1) is 9.04. The summed E-state index contributed by atoms with van der Waals surface area (Å²) in [6.07, 6.45) is 2.95. The highest BCUT2D eigenvalue weighted by atomic mass is 35.5. The smallest absolute Gasteiger partial charge is 0.250 e. The maximum atomic E-state index is 11.9. The Labute approximate surface area is 92.8 Å². The highest BCUT2D eigenvalue weighted by molar-refractivity contribution is 6.31. The van der Waals surface area contributed by atoms with Gasteiger partial charge < -0.3 is 10.6 Å². The van der Waals surface area contributed by atoms with Crippen molar-refractivity contribution in [2.75, 3.05) is 10.6 Å². The van der Waals surface area contributed by atoms with Crippen LogP contribution in [0.4, 0.5) is 11.4 Å². The van der Waals surface area contributed by atoms with Gasteiger partial charge in [-0.25, -0.2) is 0 Å². The second-order valence-electron chi connectivity index (χ2n) is 4.20. The molecule has 15 heavy (non-hydrogen) atoms. The van der Waals surface area contributed by atoms with E-state index < -0.39 is 0 Å². The van der Waals surface area contributed by atoms with Crippen LogP contribution in [0.5, 0.6) is 0 Å². The van der Waals surface area contributed by atoms with Crippen LogP contribution in [0.2, 0.25) is 5.02 Å². The summed E-state index contributed by atoms with van der Waals surface area (Å²) < 4.78 is 0. The number of benzene rings is 1. The molecule has 1 heterocycles. The van der Waals surface area contributed by atoms with E-state index >= 15 is 0 Å². The summed E-state index contributed by atoms with van der Waals surface area (Å²) in [6, 6.07) is 5.52. The first-order valence-corrected chi connectivity index (χ1v) is 5.47. The number of carbonyl (C=O) groups is 1. The summed E-state index contributed by atoms with van der Waals surface area (Å²) in [7, 11) is 0. The highest BCUT2D eigenvalue weighted by Crippen LogP contribution is 2.42. The van der Waals surface area contributed by atoms with Crippen LogP contribution in [0.1, 0.15) is 19.3 Å². The van der Waals surface area contributed by atoms with Gasteiger partial charge in [-0.2, -0.15) is 0 Å². The number of hydrogen-bond donors (Lipinski definition) is 2. The van der Waals surface area contributed by atoms with Crippen LogP contribution in [-0.4, -0.2) is 11.4 Å². The van der Waals surface area contributed by atoms with Crippen LogP contribution in [0.3, 0.4) is 0 Å². The minimum atomic E-state index is -0.346. The molecule has 0 unspecified atom stereocenters. The summed E-state index contributed by atoms with van der Waals surface area (Å²) >= 11 is 5.86. The minimum Gasteiger partial charge on any atom is -0.370 e. The largest absolute Gasteiger partial charge is 0.370 e. The van der Waals surface area contributed by atoms with E-state index in [1.807, 2.05) is 12.1 Å². The Balaban J connectivity index is 2.02. The Morgan fingerprint density at radius 1 is 1.27 bits per heavy atom. The van der Waals surface area contributed by atoms with E-state index in [-0.39, 0.29) is 11.4 Å². The lowest BCUT2D eigenvalue weighted by Gasteiger charge is -2.44. The molecule has 1 amide bonds. The predicted octanol–water partition coefficient (Wildman–Crippen LogP) is 2.63. The van der Waals surface area contributed by atoms with Crippen LogP contribution < -0.4 is 10.6 Å². The minimum absolute atomic E-state index is 0.0727. The quantitative estimate of drug-likeness (QED) is 0.709. The summed E-state index contributed by atoms with van der Waals surface area (Å²) in [5.41, 5.74) is 1.41. The standard InChI is InChI=1S/C11H11ClN2O/c12-7-2-3-8-9(6-7)13-10(15)11(14-8)4-1-5-11/h2-3,6,14H,1,4-5H2,(H,13,15). The molecule has 1 saturated carbocycles.